The van der Waals surface area contributed by atoms with E-state index in [2.05, 4.69) is 10.3 Å². The van der Waals surface area contributed by atoms with Gasteiger partial charge < -0.3 is 14.8 Å². The summed E-state index contributed by atoms with van der Waals surface area (Å²) in [5.74, 6) is 1.64. The first-order valence-electron chi connectivity index (χ1n) is 6.35. The van der Waals surface area contributed by atoms with Crippen molar-refractivity contribution >= 4 is 26.7 Å². The van der Waals surface area contributed by atoms with E-state index < -0.39 is 0 Å². The van der Waals surface area contributed by atoms with Crippen molar-refractivity contribution in [3.05, 3.63) is 12.1 Å². The Labute approximate surface area is 109 Å². The maximum Gasteiger partial charge on any atom is 0.231 e. The van der Waals surface area contributed by atoms with Crippen LogP contribution < -0.4 is 14.8 Å². The summed E-state index contributed by atoms with van der Waals surface area (Å²) in [6.45, 7) is 0.319. The lowest BCUT2D eigenvalue weighted by Gasteiger charge is -2.09. The fourth-order valence-electron chi connectivity index (χ4n) is 2.62. The molecule has 0 amide bonds. The van der Waals surface area contributed by atoms with E-state index in [1.165, 1.54) is 25.7 Å². The number of hydrogen-bond donors (Lipinski definition) is 1. The Morgan fingerprint density at radius 2 is 1.94 bits per heavy atom. The molecule has 0 unspecified atom stereocenters. The van der Waals surface area contributed by atoms with Crippen LogP contribution in [0.2, 0.25) is 0 Å². The van der Waals surface area contributed by atoms with E-state index in [0.717, 1.165) is 26.8 Å². The molecule has 94 valence electrons. The first-order valence-corrected chi connectivity index (χ1v) is 7.17. The number of nitrogens with one attached hydrogen (secondary N) is 1. The standard InChI is InChI=1S/C13H14N2O2S/c1-2-4-8(3-1)14-13-15-9-5-10-11(17-7-16-10)6-12(9)18-13/h5-6,8H,1-4,7H2,(H,14,15). The fourth-order valence-corrected chi connectivity index (χ4v) is 3.58. The van der Waals surface area contributed by atoms with Crippen molar-refractivity contribution in [2.24, 2.45) is 0 Å². The van der Waals surface area contributed by atoms with Gasteiger partial charge in [0.1, 0.15) is 0 Å². The molecule has 1 saturated carbocycles. The van der Waals surface area contributed by atoms with E-state index in [1.807, 2.05) is 12.1 Å². The van der Waals surface area contributed by atoms with E-state index in [9.17, 15) is 0 Å². The molecule has 1 aliphatic heterocycles. The third kappa shape index (κ3) is 1.70. The van der Waals surface area contributed by atoms with Gasteiger partial charge in [0.2, 0.25) is 6.79 Å². The van der Waals surface area contributed by atoms with Crippen LogP contribution >= 0.6 is 11.3 Å². The number of rotatable bonds is 2. The predicted molar refractivity (Wildman–Crippen MR) is 71.6 cm³/mol. The van der Waals surface area contributed by atoms with E-state index in [-0.39, 0.29) is 0 Å². The quantitative estimate of drug-likeness (QED) is 0.901. The monoisotopic (exact) mass is 262 g/mol. The topological polar surface area (TPSA) is 43.4 Å². The van der Waals surface area contributed by atoms with Crippen LogP contribution in [0.3, 0.4) is 0 Å². The van der Waals surface area contributed by atoms with Crippen LogP contribution in [0.4, 0.5) is 5.13 Å². The van der Waals surface area contributed by atoms with Gasteiger partial charge in [0.25, 0.3) is 0 Å². The number of anilines is 1. The van der Waals surface area contributed by atoms with Crippen molar-refractivity contribution < 1.29 is 9.47 Å². The zero-order valence-corrected chi connectivity index (χ0v) is 10.8. The lowest BCUT2D eigenvalue weighted by Crippen LogP contribution is -2.13. The van der Waals surface area contributed by atoms with Gasteiger partial charge in [0.05, 0.1) is 10.2 Å². The molecule has 1 N–H and O–H groups in total. The molecule has 4 rings (SSSR count). The molecule has 2 aliphatic rings. The highest BCUT2D eigenvalue weighted by Gasteiger charge is 2.19. The number of ether oxygens (including phenoxy) is 2. The molecule has 0 bridgehead atoms. The molecule has 1 fully saturated rings. The number of thiazole rings is 1. The summed E-state index contributed by atoms with van der Waals surface area (Å²) in [6, 6.07) is 4.59. The average molecular weight is 262 g/mol. The molecule has 0 saturated heterocycles. The largest absolute Gasteiger partial charge is 0.454 e. The SMILES string of the molecule is c1c2c(cc3sc(NC4CCCC4)nc13)OCO2. The molecule has 4 nitrogen and oxygen atoms in total. The Balaban J connectivity index is 1.66. The fraction of sp³-hybridized carbons (Fsp3) is 0.462. The molecule has 1 aliphatic carbocycles. The lowest BCUT2D eigenvalue weighted by atomic mass is 10.3. The summed E-state index contributed by atoms with van der Waals surface area (Å²) in [4.78, 5) is 4.63. The Morgan fingerprint density at radius 1 is 1.17 bits per heavy atom. The van der Waals surface area contributed by atoms with Crippen molar-refractivity contribution in [1.29, 1.82) is 0 Å². The number of nitrogens with zero attached hydrogens (tertiary/aromatic N) is 1. The van der Waals surface area contributed by atoms with Crippen LogP contribution in [0.15, 0.2) is 12.1 Å². The molecule has 18 heavy (non-hydrogen) atoms. The Morgan fingerprint density at radius 3 is 2.78 bits per heavy atom. The highest BCUT2D eigenvalue weighted by molar-refractivity contribution is 7.22. The Kier molecular flexibility index (Phi) is 2.33. The lowest BCUT2D eigenvalue weighted by molar-refractivity contribution is 0.174. The first-order chi connectivity index (χ1) is 8.88. The van der Waals surface area contributed by atoms with Gasteiger partial charge in [0, 0.05) is 18.2 Å². The highest BCUT2D eigenvalue weighted by Crippen LogP contribution is 2.39. The van der Waals surface area contributed by atoms with Gasteiger partial charge in [-0.3, -0.25) is 0 Å². The van der Waals surface area contributed by atoms with Gasteiger partial charge in [-0.05, 0) is 12.8 Å². The van der Waals surface area contributed by atoms with Crippen LogP contribution in [0.25, 0.3) is 10.2 Å². The second kappa shape index (κ2) is 4.02. The maximum atomic E-state index is 5.39. The second-order valence-electron chi connectivity index (χ2n) is 4.82. The summed E-state index contributed by atoms with van der Waals surface area (Å²) < 4.78 is 11.9. The molecular weight excluding hydrogens is 248 g/mol. The Hall–Kier alpha value is -1.49. The summed E-state index contributed by atoms with van der Waals surface area (Å²) in [5.41, 5.74) is 0.991. The van der Waals surface area contributed by atoms with Crippen LogP contribution in [0.5, 0.6) is 11.5 Å². The van der Waals surface area contributed by atoms with E-state index in [1.54, 1.807) is 11.3 Å². The van der Waals surface area contributed by atoms with Gasteiger partial charge in [-0.25, -0.2) is 4.98 Å². The van der Waals surface area contributed by atoms with Crippen LogP contribution in [-0.4, -0.2) is 17.8 Å². The predicted octanol–water partition coefficient (Wildman–Crippen LogP) is 3.38. The van der Waals surface area contributed by atoms with Crippen LogP contribution in [0.1, 0.15) is 25.7 Å². The smallest absolute Gasteiger partial charge is 0.231 e. The minimum atomic E-state index is 0.319. The number of aromatic nitrogens is 1. The van der Waals surface area contributed by atoms with Crippen molar-refractivity contribution in [3.8, 4) is 11.5 Å². The molecule has 1 aromatic heterocycles. The summed E-state index contributed by atoms with van der Waals surface area (Å²) in [7, 11) is 0. The van der Waals surface area contributed by atoms with Gasteiger partial charge in [-0.15, -0.1) is 0 Å². The minimum Gasteiger partial charge on any atom is -0.454 e. The van der Waals surface area contributed by atoms with Gasteiger partial charge in [0.15, 0.2) is 16.6 Å². The highest BCUT2D eigenvalue weighted by atomic mass is 32.1. The van der Waals surface area contributed by atoms with Gasteiger partial charge >= 0.3 is 0 Å². The third-order valence-electron chi connectivity index (χ3n) is 3.57. The summed E-state index contributed by atoms with van der Waals surface area (Å²) in [6.07, 6.45) is 5.19. The van der Waals surface area contributed by atoms with Crippen molar-refractivity contribution in [2.75, 3.05) is 12.1 Å². The Bertz CT molecular complexity index is 549. The van der Waals surface area contributed by atoms with Crippen molar-refractivity contribution in [1.82, 2.24) is 4.98 Å². The van der Waals surface area contributed by atoms with Crippen molar-refractivity contribution in [3.63, 3.8) is 0 Å². The van der Waals surface area contributed by atoms with E-state index in [4.69, 9.17) is 9.47 Å². The number of fused-ring (bicyclic) bond motifs is 2. The van der Waals surface area contributed by atoms with Crippen LogP contribution in [0, 0.1) is 0 Å². The average Bonchev–Trinajstić information content (AvgIpc) is 3.04. The molecule has 0 atom stereocenters. The molecule has 5 heteroatoms. The first kappa shape index (κ1) is 10.4. The van der Waals surface area contributed by atoms with Crippen molar-refractivity contribution in [2.45, 2.75) is 31.7 Å². The van der Waals surface area contributed by atoms with E-state index >= 15 is 0 Å². The molecule has 0 spiro atoms. The zero-order valence-electron chi connectivity index (χ0n) is 9.94. The molecule has 1 aromatic carbocycles. The second-order valence-corrected chi connectivity index (χ2v) is 5.85. The zero-order chi connectivity index (χ0) is 11.9. The molecular formula is C13H14N2O2S. The maximum absolute atomic E-state index is 5.39. The number of hydrogen-bond acceptors (Lipinski definition) is 5. The van der Waals surface area contributed by atoms with Gasteiger partial charge in [-0.1, -0.05) is 24.2 Å². The normalized spacial score (nSPS) is 18.7. The molecule has 2 aromatic rings. The van der Waals surface area contributed by atoms with Crippen LogP contribution in [-0.2, 0) is 0 Å². The summed E-state index contributed by atoms with van der Waals surface area (Å²) in [5, 5.41) is 4.55. The van der Waals surface area contributed by atoms with Gasteiger partial charge in [-0.2, -0.15) is 0 Å². The van der Waals surface area contributed by atoms with E-state index in [0.29, 0.717) is 12.8 Å². The minimum absolute atomic E-state index is 0.319. The molecule has 0 radical (unpaired) electrons. The summed E-state index contributed by atoms with van der Waals surface area (Å²) >= 11 is 1.69. The molecule has 2 heterocycles. The number of benzene rings is 1. The third-order valence-corrected chi connectivity index (χ3v) is 4.51.